The third-order valence-corrected chi connectivity index (χ3v) is 3.83. The highest BCUT2D eigenvalue weighted by Crippen LogP contribution is 2.19. The molecular weight excluding hydrogens is 238 g/mol. The van der Waals surface area contributed by atoms with Crippen LogP contribution in [0.15, 0.2) is 24.3 Å². The number of benzene rings is 1. The Morgan fingerprint density at radius 3 is 2.37 bits per heavy atom. The summed E-state index contributed by atoms with van der Waals surface area (Å²) in [6.45, 7) is 6.77. The zero-order chi connectivity index (χ0) is 14.3. The second kappa shape index (κ2) is 7.14. The van der Waals surface area contributed by atoms with Crippen molar-refractivity contribution in [2.45, 2.75) is 52.1 Å². The van der Waals surface area contributed by atoms with Gasteiger partial charge in [-0.15, -0.1) is 0 Å². The van der Waals surface area contributed by atoms with Crippen molar-refractivity contribution in [3.63, 3.8) is 0 Å². The maximum absolute atomic E-state index is 12.1. The molecule has 0 radical (unpaired) electrons. The lowest BCUT2D eigenvalue weighted by Gasteiger charge is -2.31. The van der Waals surface area contributed by atoms with Crippen LogP contribution in [0.2, 0.25) is 0 Å². The molecule has 0 aliphatic rings. The Morgan fingerprint density at radius 2 is 1.84 bits per heavy atom. The van der Waals surface area contributed by atoms with Gasteiger partial charge in [-0.1, -0.05) is 32.9 Å². The van der Waals surface area contributed by atoms with Gasteiger partial charge in [0.05, 0.1) is 0 Å². The average Bonchev–Trinajstić information content (AvgIpc) is 2.45. The molecule has 0 aliphatic carbocycles. The number of anilines is 1. The summed E-state index contributed by atoms with van der Waals surface area (Å²) < 4.78 is 0. The van der Waals surface area contributed by atoms with Crippen molar-refractivity contribution in [1.29, 1.82) is 0 Å². The molecule has 0 heterocycles. The number of carbonyl (C=O) groups excluding carboxylic acids is 1. The van der Waals surface area contributed by atoms with Gasteiger partial charge >= 0.3 is 6.03 Å². The van der Waals surface area contributed by atoms with Gasteiger partial charge in [-0.3, -0.25) is 0 Å². The molecule has 0 fully saturated rings. The van der Waals surface area contributed by atoms with E-state index >= 15 is 0 Å². The van der Waals surface area contributed by atoms with Gasteiger partial charge in [0.1, 0.15) is 0 Å². The fraction of sp³-hybridized carbons (Fsp3) is 0.533. The van der Waals surface area contributed by atoms with Gasteiger partial charge < -0.3 is 16.4 Å². The molecule has 106 valence electrons. The standard InChI is InChI=1S/C15H25N3O/c1-4-15(5-2,6-3)18-14(19)17-13-9-7-8-12(10-13)11-16/h7-10H,4-6,11,16H2,1-3H3,(H2,17,18,19). The third kappa shape index (κ3) is 4.24. The molecular formula is C15H25N3O. The molecule has 0 spiro atoms. The number of hydrogen-bond donors (Lipinski definition) is 3. The number of nitrogens with two attached hydrogens (primary N) is 1. The molecule has 0 atom stereocenters. The average molecular weight is 263 g/mol. The smallest absolute Gasteiger partial charge is 0.319 e. The Balaban J connectivity index is 2.68. The summed E-state index contributed by atoms with van der Waals surface area (Å²) >= 11 is 0. The summed E-state index contributed by atoms with van der Waals surface area (Å²) in [6, 6.07) is 7.44. The van der Waals surface area contributed by atoms with E-state index in [1.54, 1.807) is 0 Å². The Labute approximate surface area is 115 Å². The lowest BCUT2D eigenvalue weighted by Crippen LogP contribution is -2.48. The number of rotatable bonds is 6. The van der Waals surface area contributed by atoms with E-state index in [0.717, 1.165) is 30.5 Å². The lowest BCUT2D eigenvalue weighted by atomic mass is 9.90. The van der Waals surface area contributed by atoms with Crippen LogP contribution in [0.1, 0.15) is 45.6 Å². The number of carbonyl (C=O) groups is 1. The first-order valence-corrected chi connectivity index (χ1v) is 6.97. The Morgan fingerprint density at radius 1 is 1.21 bits per heavy atom. The Kier molecular flexibility index (Phi) is 5.83. The van der Waals surface area contributed by atoms with E-state index in [1.165, 1.54) is 0 Å². The van der Waals surface area contributed by atoms with E-state index in [-0.39, 0.29) is 11.6 Å². The monoisotopic (exact) mass is 263 g/mol. The highest BCUT2D eigenvalue weighted by Gasteiger charge is 2.25. The van der Waals surface area contributed by atoms with E-state index in [4.69, 9.17) is 5.73 Å². The first kappa shape index (κ1) is 15.5. The zero-order valence-electron chi connectivity index (χ0n) is 12.1. The van der Waals surface area contributed by atoms with Crippen LogP contribution in [0.25, 0.3) is 0 Å². The number of hydrogen-bond acceptors (Lipinski definition) is 2. The summed E-state index contributed by atoms with van der Waals surface area (Å²) in [7, 11) is 0. The molecule has 0 aromatic heterocycles. The quantitative estimate of drug-likeness (QED) is 0.737. The summed E-state index contributed by atoms with van der Waals surface area (Å²) in [5.74, 6) is 0. The van der Waals surface area contributed by atoms with Crippen LogP contribution >= 0.6 is 0 Å². The maximum atomic E-state index is 12.1. The first-order valence-electron chi connectivity index (χ1n) is 6.97. The van der Waals surface area contributed by atoms with Gasteiger partial charge in [0, 0.05) is 17.8 Å². The van der Waals surface area contributed by atoms with Crippen LogP contribution in [-0.2, 0) is 6.54 Å². The van der Waals surface area contributed by atoms with Crippen LogP contribution in [0, 0.1) is 0 Å². The molecule has 1 aromatic rings. The van der Waals surface area contributed by atoms with Crippen molar-refractivity contribution in [3.8, 4) is 0 Å². The highest BCUT2D eigenvalue weighted by atomic mass is 16.2. The summed E-state index contributed by atoms with van der Waals surface area (Å²) in [5.41, 5.74) is 7.25. The molecule has 1 rings (SSSR count). The molecule has 4 nitrogen and oxygen atoms in total. The van der Waals surface area contributed by atoms with Crippen LogP contribution in [0.5, 0.6) is 0 Å². The Hall–Kier alpha value is -1.55. The SMILES string of the molecule is CCC(CC)(CC)NC(=O)Nc1cccc(CN)c1. The second-order valence-corrected chi connectivity index (χ2v) is 4.82. The topological polar surface area (TPSA) is 67.2 Å². The van der Waals surface area contributed by atoms with Crippen molar-refractivity contribution in [1.82, 2.24) is 5.32 Å². The summed E-state index contributed by atoms with van der Waals surface area (Å²) in [5, 5.41) is 5.95. The molecule has 2 amide bonds. The van der Waals surface area contributed by atoms with Gasteiger partial charge in [0.25, 0.3) is 0 Å². The minimum atomic E-state index is -0.153. The molecule has 0 saturated heterocycles. The van der Waals surface area contributed by atoms with Gasteiger partial charge in [0.15, 0.2) is 0 Å². The normalized spacial score (nSPS) is 11.2. The van der Waals surface area contributed by atoms with Crippen molar-refractivity contribution in [3.05, 3.63) is 29.8 Å². The van der Waals surface area contributed by atoms with Crippen molar-refractivity contribution < 1.29 is 4.79 Å². The fourth-order valence-corrected chi connectivity index (χ4v) is 2.19. The molecule has 0 aliphatic heterocycles. The number of amides is 2. The molecule has 19 heavy (non-hydrogen) atoms. The van der Waals surface area contributed by atoms with E-state index in [1.807, 2.05) is 24.3 Å². The van der Waals surface area contributed by atoms with Gasteiger partial charge in [-0.05, 0) is 37.0 Å². The van der Waals surface area contributed by atoms with Crippen LogP contribution in [0.4, 0.5) is 10.5 Å². The van der Waals surface area contributed by atoms with E-state index in [2.05, 4.69) is 31.4 Å². The van der Waals surface area contributed by atoms with Gasteiger partial charge in [-0.25, -0.2) is 4.79 Å². The largest absolute Gasteiger partial charge is 0.332 e. The lowest BCUT2D eigenvalue weighted by molar-refractivity contribution is 0.229. The molecule has 4 heteroatoms. The molecule has 0 bridgehead atoms. The van der Waals surface area contributed by atoms with E-state index < -0.39 is 0 Å². The number of urea groups is 1. The van der Waals surface area contributed by atoms with Crippen LogP contribution in [0.3, 0.4) is 0 Å². The predicted molar refractivity (Wildman–Crippen MR) is 80.1 cm³/mol. The number of nitrogens with one attached hydrogen (secondary N) is 2. The van der Waals surface area contributed by atoms with Crippen molar-refractivity contribution in [2.75, 3.05) is 5.32 Å². The predicted octanol–water partition coefficient (Wildman–Crippen LogP) is 3.24. The van der Waals surface area contributed by atoms with Crippen molar-refractivity contribution in [2.24, 2.45) is 5.73 Å². The zero-order valence-corrected chi connectivity index (χ0v) is 12.1. The molecule has 0 saturated carbocycles. The fourth-order valence-electron chi connectivity index (χ4n) is 2.19. The van der Waals surface area contributed by atoms with Crippen molar-refractivity contribution >= 4 is 11.7 Å². The molecule has 0 unspecified atom stereocenters. The van der Waals surface area contributed by atoms with Gasteiger partial charge in [-0.2, -0.15) is 0 Å². The van der Waals surface area contributed by atoms with Crippen LogP contribution < -0.4 is 16.4 Å². The third-order valence-electron chi connectivity index (χ3n) is 3.83. The minimum Gasteiger partial charge on any atom is -0.332 e. The van der Waals surface area contributed by atoms with E-state index in [0.29, 0.717) is 6.54 Å². The minimum absolute atomic E-state index is 0.116. The van der Waals surface area contributed by atoms with Crippen LogP contribution in [-0.4, -0.2) is 11.6 Å². The first-order chi connectivity index (χ1) is 9.09. The molecule has 1 aromatic carbocycles. The van der Waals surface area contributed by atoms with E-state index in [9.17, 15) is 4.79 Å². The van der Waals surface area contributed by atoms with Gasteiger partial charge in [0.2, 0.25) is 0 Å². The second-order valence-electron chi connectivity index (χ2n) is 4.82. The summed E-state index contributed by atoms with van der Waals surface area (Å²) in [6.07, 6.45) is 2.78. The molecule has 4 N–H and O–H groups in total. The highest BCUT2D eigenvalue weighted by molar-refractivity contribution is 5.89. The Bertz CT molecular complexity index is 405. The summed E-state index contributed by atoms with van der Waals surface area (Å²) in [4.78, 5) is 12.1. The maximum Gasteiger partial charge on any atom is 0.319 e.